The Kier molecular flexibility index (Phi) is 5.30. The number of nitrogen functional groups attached to an aromatic ring is 1. The van der Waals surface area contributed by atoms with Crippen LogP contribution in [0.2, 0.25) is 0 Å². The van der Waals surface area contributed by atoms with Crippen LogP contribution in [0.3, 0.4) is 0 Å². The molecule has 3 N–H and O–H groups in total. The van der Waals surface area contributed by atoms with E-state index >= 15 is 0 Å². The summed E-state index contributed by atoms with van der Waals surface area (Å²) in [5.74, 6) is 5.77. The Balaban J connectivity index is 0.000000181. The van der Waals surface area contributed by atoms with Gasteiger partial charge in [-0.25, -0.2) is 14.3 Å². The molecule has 0 aliphatic heterocycles. The molecule has 2 aromatic carbocycles. The molecule has 1 heterocycles. The molecule has 0 saturated carbocycles. The first-order chi connectivity index (χ1) is 11.6. The second-order valence-corrected chi connectivity index (χ2v) is 7.20. The lowest BCUT2D eigenvalue weighted by atomic mass is 10.1. The van der Waals surface area contributed by atoms with E-state index in [1.54, 1.807) is 50.5 Å². The molecule has 0 unspecified atom stereocenters. The molecule has 0 radical (unpaired) electrons. The van der Waals surface area contributed by atoms with Crippen molar-refractivity contribution in [3.8, 4) is 5.75 Å². The highest BCUT2D eigenvalue weighted by molar-refractivity contribution is 7.85. The van der Waals surface area contributed by atoms with Gasteiger partial charge in [-0.15, -0.1) is 0 Å². The van der Waals surface area contributed by atoms with Gasteiger partial charge in [-0.2, -0.15) is 0 Å². The summed E-state index contributed by atoms with van der Waals surface area (Å²) in [6, 6.07) is 10.5. The quantitative estimate of drug-likeness (QED) is 0.392. The molecule has 0 spiro atoms. The van der Waals surface area contributed by atoms with Crippen LogP contribution in [0.15, 0.2) is 53.7 Å². The van der Waals surface area contributed by atoms with Crippen LogP contribution in [0.25, 0.3) is 10.8 Å². The lowest BCUT2D eigenvalue weighted by Crippen LogP contribution is -2.43. The van der Waals surface area contributed by atoms with Crippen LogP contribution in [-0.4, -0.2) is 18.1 Å². The summed E-state index contributed by atoms with van der Waals surface area (Å²) in [5, 5.41) is 11.2. The third-order valence-corrected chi connectivity index (χ3v) is 4.78. The Morgan fingerprint density at radius 1 is 1.00 bits per heavy atom. The molecule has 0 aliphatic rings. The van der Waals surface area contributed by atoms with Gasteiger partial charge in [0.15, 0.2) is 6.20 Å². The normalized spacial score (nSPS) is 11.0. The van der Waals surface area contributed by atoms with Crippen molar-refractivity contribution in [2.75, 3.05) is 5.84 Å². The Bertz CT molecular complexity index is 971. The summed E-state index contributed by atoms with van der Waals surface area (Å²) >= 11 is 0. The van der Waals surface area contributed by atoms with Crippen molar-refractivity contribution in [3.63, 3.8) is 0 Å². The van der Waals surface area contributed by atoms with Crippen LogP contribution in [0.4, 0.5) is 0 Å². The molecule has 0 aliphatic carbocycles. The van der Waals surface area contributed by atoms with E-state index in [2.05, 4.69) is 0 Å². The third kappa shape index (κ3) is 4.68. The predicted molar refractivity (Wildman–Crippen MR) is 94.6 cm³/mol. The molecule has 3 rings (SSSR count). The Morgan fingerprint density at radius 3 is 2.16 bits per heavy atom. The number of aromatic nitrogens is 1. The minimum atomic E-state index is -4.33. The fraction of sp³-hybridized carbons (Fsp3) is 0.167. The number of phenolic OH excluding ortho intramolecular Hbond substituents is 1. The number of pyridine rings is 1. The Morgan fingerprint density at radius 2 is 1.60 bits per heavy atom. The standard InChI is InChI=1S/C9H8N2O.C9H12O3S/c10-11-4-3-7-1-2-9(12)5-8(7)6-11;1-6-4-7(2)9(8(3)5-6)13(10,11)12/h1-6H,10H2;4-5H,1-3H3,(H,10,11,12). The summed E-state index contributed by atoms with van der Waals surface area (Å²) in [6.45, 7) is 5.12. The van der Waals surface area contributed by atoms with Crippen LogP contribution in [0, 0.1) is 20.8 Å². The maximum Gasteiger partial charge on any atom is 0.207 e. The molecule has 0 bridgehead atoms. The van der Waals surface area contributed by atoms with E-state index in [9.17, 15) is 18.1 Å². The zero-order valence-electron chi connectivity index (χ0n) is 14.2. The number of benzene rings is 2. The van der Waals surface area contributed by atoms with E-state index in [0.29, 0.717) is 11.1 Å². The lowest BCUT2D eigenvalue weighted by molar-refractivity contribution is -0.637. The van der Waals surface area contributed by atoms with Gasteiger partial charge in [-0.05, 0) is 49.4 Å². The van der Waals surface area contributed by atoms with Crippen molar-refractivity contribution < 1.29 is 22.8 Å². The molecular weight excluding hydrogens is 340 g/mol. The molecule has 3 aromatic rings. The molecule has 0 saturated heterocycles. The van der Waals surface area contributed by atoms with Crippen molar-refractivity contribution >= 4 is 20.9 Å². The van der Waals surface area contributed by atoms with Crippen molar-refractivity contribution in [1.29, 1.82) is 0 Å². The molecule has 0 fully saturated rings. The van der Waals surface area contributed by atoms with Gasteiger partial charge >= 0.3 is 0 Å². The molecular formula is C18H20N2O4S. The zero-order valence-corrected chi connectivity index (χ0v) is 15.0. The first-order valence-corrected chi connectivity index (χ1v) is 8.91. The van der Waals surface area contributed by atoms with Gasteiger partial charge in [0.1, 0.15) is 15.9 Å². The molecule has 7 heteroatoms. The van der Waals surface area contributed by atoms with Gasteiger partial charge in [0.05, 0.1) is 10.3 Å². The number of hydrogen-bond donors (Lipinski definition) is 2. The summed E-state index contributed by atoms with van der Waals surface area (Å²) in [5.41, 5.74) is 2.00. The monoisotopic (exact) mass is 360 g/mol. The van der Waals surface area contributed by atoms with E-state index in [1.807, 2.05) is 19.1 Å². The number of rotatable bonds is 1. The molecule has 6 nitrogen and oxygen atoms in total. The number of nitrogens with two attached hydrogens (primary N) is 1. The van der Waals surface area contributed by atoms with E-state index in [1.165, 1.54) is 4.68 Å². The number of aryl methyl sites for hydroxylation is 3. The van der Waals surface area contributed by atoms with Gasteiger partial charge in [0, 0.05) is 6.07 Å². The highest BCUT2D eigenvalue weighted by atomic mass is 32.2. The largest absolute Gasteiger partial charge is 0.744 e. The van der Waals surface area contributed by atoms with E-state index in [4.69, 9.17) is 5.84 Å². The van der Waals surface area contributed by atoms with Crippen LogP contribution < -0.4 is 10.5 Å². The molecule has 0 atom stereocenters. The first kappa shape index (κ1) is 18.7. The van der Waals surface area contributed by atoms with E-state index in [-0.39, 0.29) is 10.6 Å². The van der Waals surface area contributed by atoms with Crippen molar-refractivity contribution in [2.45, 2.75) is 25.7 Å². The first-order valence-electron chi connectivity index (χ1n) is 7.51. The number of hydrogen-bond acceptors (Lipinski definition) is 5. The molecule has 0 amide bonds. The Labute approximate surface area is 146 Å². The summed E-state index contributed by atoms with van der Waals surface area (Å²) in [7, 11) is -4.33. The van der Waals surface area contributed by atoms with Crippen LogP contribution in [-0.2, 0) is 10.1 Å². The molecule has 1 aromatic heterocycles. The Hall–Kier alpha value is -2.64. The smallest absolute Gasteiger partial charge is 0.207 e. The number of nitrogens with zero attached hydrogens (tertiary/aromatic N) is 1. The van der Waals surface area contributed by atoms with Crippen molar-refractivity contribution in [2.24, 2.45) is 0 Å². The minimum Gasteiger partial charge on any atom is -0.744 e. The van der Waals surface area contributed by atoms with Crippen LogP contribution in [0.1, 0.15) is 16.7 Å². The topological polar surface area (TPSA) is 107 Å². The van der Waals surface area contributed by atoms with Gasteiger partial charge in [-0.3, -0.25) is 0 Å². The highest BCUT2D eigenvalue weighted by Crippen LogP contribution is 2.21. The second-order valence-electron chi connectivity index (χ2n) is 5.89. The SMILES string of the molecule is Cc1cc(C)c(S(=O)(=O)[O-])c(C)c1.N[n+]1ccc2ccc(O)cc2c1. The number of fused-ring (bicyclic) bond motifs is 1. The number of aromatic hydroxyl groups is 1. The van der Waals surface area contributed by atoms with Crippen molar-refractivity contribution in [3.05, 3.63) is 65.5 Å². The van der Waals surface area contributed by atoms with Gasteiger partial charge < -0.3 is 9.66 Å². The summed E-state index contributed by atoms with van der Waals surface area (Å²) in [4.78, 5) is -0.0851. The van der Waals surface area contributed by atoms with Crippen LogP contribution >= 0.6 is 0 Å². The number of phenols is 1. The predicted octanol–water partition coefficient (Wildman–Crippen LogP) is 2.06. The maximum absolute atomic E-state index is 10.8. The van der Waals surface area contributed by atoms with Crippen molar-refractivity contribution in [1.82, 2.24) is 0 Å². The molecule has 132 valence electrons. The second kappa shape index (κ2) is 7.08. The fourth-order valence-corrected chi connectivity index (χ4v) is 3.66. The fourth-order valence-electron chi connectivity index (χ4n) is 2.76. The minimum absolute atomic E-state index is 0.0851. The summed E-state index contributed by atoms with van der Waals surface area (Å²) < 4.78 is 34.0. The van der Waals surface area contributed by atoms with Crippen LogP contribution in [0.5, 0.6) is 5.75 Å². The van der Waals surface area contributed by atoms with Gasteiger partial charge in [0.25, 0.3) is 0 Å². The third-order valence-electron chi connectivity index (χ3n) is 3.64. The van der Waals surface area contributed by atoms with Gasteiger partial charge in [-0.1, -0.05) is 28.4 Å². The highest BCUT2D eigenvalue weighted by Gasteiger charge is 2.09. The maximum atomic E-state index is 10.8. The average molecular weight is 360 g/mol. The van der Waals surface area contributed by atoms with E-state index in [0.717, 1.165) is 16.3 Å². The zero-order chi connectivity index (χ0) is 18.8. The molecule has 25 heavy (non-hydrogen) atoms. The lowest BCUT2D eigenvalue weighted by Gasteiger charge is -2.14. The van der Waals surface area contributed by atoms with E-state index < -0.39 is 10.1 Å². The summed E-state index contributed by atoms with van der Waals surface area (Å²) in [6.07, 6.45) is 3.52. The van der Waals surface area contributed by atoms with Gasteiger partial charge in [0.2, 0.25) is 6.20 Å². The average Bonchev–Trinajstić information content (AvgIpc) is 2.44.